The van der Waals surface area contributed by atoms with E-state index in [0.29, 0.717) is 18.4 Å². The third-order valence-corrected chi connectivity index (χ3v) is 3.05. The van der Waals surface area contributed by atoms with Crippen LogP contribution in [0.5, 0.6) is 0 Å². The van der Waals surface area contributed by atoms with Crippen molar-refractivity contribution < 1.29 is 4.79 Å². The smallest absolute Gasteiger partial charge is 0.163 e. The van der Waals surface area contributed by atoms with Crippen molar-refractivity contribution in [2.75, 3.05) is 0 Å². The van der Waals surface area contributed by atoms with Crippen LogP contribution in [0.2, 0.25) is 0 Å². The Morgan fingerprint density at radius 1 is 1.28 bits per heavy atom. The molecule has 0 fully saturated rings. The monoisotopic (exact) mass is 244 g/mol. The molecule has 2 aromatic rings. The van der Waals surface area contributed by atoms with Crippen LogP contribution < -0.4 is 0 Å². The zero-order chi connectivity index (χ0) is 13.3. The molecule has 0 radical (unpaired) electrons. The van der Waals surface area contributed by atoms with Gasteiger partial charge in [0.15, 0.2) is 5.78 Å². The molecule has 0 saturated heterocycles. The topological polar surface area (TPSA) is 34.9 Å². The maximum Gasteiger partial charge on any atom is 0.163 e. The Hall–Kier alpha value is -1.64. The van der Waals surface area contributed by atoms with E-state index in [1.807, 2.05) is 24.5 Å². The number of carbonyl (C=O) groups is 1. The Kier molecular flexibility index (Phi) is 3.50. The molecule has 0 saturated carbocycles. The molecule has 1 aromatic carbocycles. The number of hydrogen-bond acceptors (Lipinski definition) is 2. The first-order valence-corrected chi connectivity index (χ1v) is 6.49. The molecule has 0 spiro atoms. The van der Waals surface area contributed by atoms with Crippen molar-refractivity contribution in [3.05, 3.63) is 30.1 Å². The molecule has 0 amide bonds. The third kappa shape index (κ3) is 2.45. The second-order valence-corrected chi connectivity index (χ2v) is 5.47. The molecular formula is C15H20N2O. The SMILES string of the molecule is CC(C)CC(=O)c1ccc2c(c1)ncn2C(C)C. The molecule has 0 aliphatic rings. The molecule has 3 heteroatoms. The first-order chi connectivity index (χ1) is 8.49. The van der Waals surface area contributed by atoms with Crippen molar-refractivity contribution in [1.29, 1.82) is 0 Å². The molecule has 0 bridgehead atoms. The molecule has 0 aliphatic heterocycles. The van der Waals surface area contributed by atoms with Crippen LogP contribution in [0.25, 0.3) is 11.0 Å². The summed E-state index contributed by atoms with van der Waals surface area (Å²) in [5.74, 6) is 0.590. The molecule has 0 unspecified atom stereocenters. The predicted octanol–water partition coefficient (Wildman–Crippen LogP) is 3.85. The average Bonchev–Trinajstić information content (AvgIpc) is 2.70. The Morgan fingerprint density at radius 3 is 2.61 bits per heavy atom. The number of nitrogens with zero attached hydrogens (tertiary/aromatic N) is 2. The maximum atomic E-state index is 12.0. The van der Waals surface area contributed by atoms with Gasteiger partial charge in [-0.3, -0.25) is 4.79 Å². The summed E-state index contributed by atoms with van der Waals surface area (Å²) >= 11 is 0. The van der Waals surface area contributed by atoms with Gasteiger partial charge in [-0.1, -0.05) is 13.8 Å². The lowest BCUT2D eigenvalue weighted by Crippen LogP contribution is -2.03. The molecule has 0 aliphatic carbocycles. The summed E-state index contributed by atoms with van der Waals surface area (Å²) in [6.45, 7) is 8.37. The van der Waals surface area contributed by atoms with Crippen molar-refractivity contribution in [3.8, 4) is 0 Å². The fourth-order valence-electron chi connectivity index (χ4n) is 2.11. The summed E-state index contributed by atoms with van der Waals surface area (Å²) in [7, 11) is 0. The van der Waals surface area contributed by atoms with Crippen molar-refractivity contribution in [2.24, 2.45) is 5.92 Å². The van der Waals surface area contributed by atoms with Crippen LogP contribution >= 0.6 is 0 Å². The molecular weight excluding hydrogens is 224 g/mol. The van der Waals surface area contributed by atoms with Crippen molar-refractivity contribution in [3.63, 3.8) is 0 Å². The Balaban J connectivity index is 2.37. The van der Waals surface area contributed by atoms with Crippen LogP contribution in [-0.4, -0.2) is 15.3 Å². The van der Waals surface area contributed by atoms with Gasteiger partial charge < -0.3 is 4.57 Å². The normalized spacial score (nSPS) is 11.7. The van der Waals surface area contributed by atoms with Gasteiger partial charge in [0.25, 0.3) is 0 Å². The fraction of sp³-hybridized carbons (Fsp3) is 0.467. The summed E-state index contributed by atoms with van der Waals surface area (Å²) in [5.41, 5.74) is 2.76. The third-order valence-electron chi connectivity index (χ3n) is 3.05. The quantitative estimate of drug-likeness (QED) is 0.766. The predicted molar refractivity (Wildman–Crippen MR) is 73.9 cm³/mol. The summed E-state index contributed by atoms with van der Waals surface area (Å²) in [5, 5.41) is 0. The molecule has 2 rings (SSSR count). The number of ketones is 1. The number of aromatic nitrogens is 2. The van der Waals surface area contributed by atoms with Gasteiger partial charge >= 0.3 is 0 Å². The highest BCUT2D eigenvalue weighted by Gasteiger charge is 2.11. The Labute approximate surface area is 108 Å². The van der Waals surface area contributed by atoms with E-state index in [1.54, 1.807) is 0 Å². The second-order valence-electron chi connectivity index (χ2n) is 5.47. The van der Waals surface area contributed by atoms with E-state index in [-0.39, 0.29) is 5.78 Å². The lowest BCUT2D eigenvalue weighted by Gasteiger charge is -2.08. The molecule has 0 atom stereocenters. The zero-order valence-corrected chi connectivity index (χ0v) is 11.5. The molecule has 0 N–H and O–H groups in total. The van der Waals surface area contributed by atoms with Crippen LogP contribution in [0.4, 0.5) is 0 Å². The minimum Gasteiger partial charge on any atom is -0.328 e. The summed E-state index contributed by atoms with van der Waals surface area (Å²) in [4.78, 5) is 16.4. The van der Waals surface area contributed by atoms with Gasteiger partial charge in [-0.05, 0) is 38.0 Å². The first kappa shape index (κ1) is 12.8. The standard InChI is InChI=1S/C15H20N2O/c1-10(2)7-15(18)12-5-6-14-13(8-12)16-9-17(14)11(3)4/h5-6,8-11H,7H2,1-4H3. The highest BCUT2D eigenvalue weighted by atomic mass is 16.1. The zero-order valence-electron chi connectivity index (χ0n) is 11.5. The number of rotatable bonds is 4. The molecule has 1 heterocycles. The van der Waals surface area contributed by atoms with Crippen LogP contribution in [0, 0.1) is 5.92 Å². The van der Waals surface area contributed by atoms with Crippen LogP contribution in [0.15, 0.2) is 24.5 Å². The Bertz CT molecular complexity index is 567. The number of Topliss-reactive ketones (excluding diaryl/α,β-unsaturated/α-hetero) is 1. The fourth-order valence-corrected chi connectivity index (χ4v) is 2.11. The lowest BCUT2D eigenvalue weighted by molar-refractivity contribution is 0.0968. The van der Waals surface area contributed by atoms with Crippen LogP contribution in [0.3, 0.4) is 0 Å². The maximum absolute atomic E-state index is 12.0. The summed E-state index contributed by atoms with van der Waals surface area (Å²) < 4.78 is 2.12. The van der Waals surface area contributed by atoms with Crippen molar-refractivity contribution >= 4 is 16.8 Å². The van der Waals surface area contributed by atoms with E-state index >= 15 is 0 Å². The summed E-state index contributed by atoms with van der Waals surface area (Å²) in [6.07, 6.45) is 2.43. The number of benzene rings is 1. The molecule has 18 heavy (non-hydrogen) atoms. The lowest BCUT2D eigenvalue weighted by atomic mass is 10.0. The number of carbonyl (C=O) groups excluding carboxylic acids is 1. The Morgan fingerprint density at radius 2 is 2.00 bits per heavy atom. The molecule has 1 aromatic heterocycles. The number of imidazole rings is 1. The minimum absolute atomic E-state index is 0.200. The van der Waals surface area contributed by atoms with Gasteiger partial charge in [-0.2, -0.15) is 0 Å². The molecule has 3 nitrogen and oxygen atoms in total. The van der Waals surface area contributed by atoms with E-state index in [1.165, 1.54) is 0 Å². The van der Waals surface area contributed by atoms with E-state index in [9.17, 15) is 4.79 Å². The van der Waals surface area contributed by atoms with Gasteiger partial charge in [0.05, 0.1) is 17.4 Å². The van der Waals surface area contributed by atoms with Gasteiger partial charge in [-0.15, -0.1) is 0 Å². The highest BCUT2D eigenvalue weighted by Crippen LogP contribution is 2.20. The van der Waals surface area contributed by atoms with E-state index in [4.69, 9.17) is 0 Å². The van der Waals surface area contributed by atoms with Gasteiger partial charge in [0, 0.05) is 18.0 Å². The molecule has 96 valence electrons. The largest absolute Gasteiger partial charge is 0.328 e. The average molecular weight is 244 g/mol. The highest BCUT2D eigenvalue weighted by molar-refractivity contribution is 5.99. The van der Waals surface area contributed by atoms with Gasteiger partial charge in [-0.25, -0.2) is 4.98 Å². The summed E-state index contributed by atoms with van der Waals surface area (Å²) in [6, 6.07) is 6.19. The number of hydrogen-bond donors (Lipinski definition) is 0. The second kappa shape index (κ2) is 4.92. The van der Waals surface area contributed by atoms with E-state index < -0.39 is 0 Å². The van der Waals surface area contributed by atoms with E-state index in [2.05, 4.69) is 37.2 Å². The van der Waals surface area contributed by atoms with E-state index in [0.717, 1.165) is 16.6 Å². The first-order valence-electron chi connectivity index (χ1n) is 6.49. The number of fused-ring (bicyclic) bond motifs is 1. The van der Waals surface area contributed by atoms with Crippen LogP contribution in [0.1, 0.15) is 50.5 Å². The van der Waals surface area contributed by atoms with Crippen molar-refractivity contribution in [1.82, 2.24) is 9.55 Å². The van der Waals surface area contributed by atoms with Gasteiger partial charge in [0.2, 0.25) is 0 Å². The van der Waals surface area contributed by atoms with Crippen LogP contribution in [-0.2, 0) is 0 Å². The van der Waals surface area contributed by atoms with Crippen molar-refractivity contribution in [2.45, 2.75) is 40.2 Å². The van der Waals surface area contributed by atoms with Gasteiger partial charge in [0.1, 0.15) is 0 Å². The minimum atomic E-state index is 0.200.